The second-order valence-electron chi connectivity index (χ2n) is 8.35. The first kappa shape index (κ1) is 14.2. The molecule has 0 aromatic rings. The summed E-state index contributed by atoms with van der Waals surface area (Å²) < 4.78 is 23.2. The van der Waals surface area contributed by atoms with Crippen molar-refractivity contribution in [2.75, 3.05) is 13.2 Å². The van der Waals surface area contributed by atoms with Gasteiger partial charge >= 0.3 is 6.16 Å². The first-order chi connectivity index (χ1) is 10.9. The molecule has 2 spiro atoms. The van der Waals surface area contributed by atoms with Gasteiger partial charge in [-0.2, -0.15) is 0 Å². The molecular formula is C17H22O6. The number of ether oxygens (including phenoxy) is 4. The van der Waals surface area contributed by atoms with Crippen LogP contribution in [-0.2, 0) is 23.7 Å². The number of hydrogen-bond acceptors (Lipinski definition) is 6. The van der Waals surface area contributed by atoms with Crippen LogP contribution in [0.25, 0.3) is 0 Å². The third-order valence-corrected chi connectivity index (χ3v) is 7.43. The third kappa shape index (κ3) is 1.32. The Morgan fingerprint density at radius 3 is 2.61 bits per heavy atom. The number of epoxide rings is 1. The van der Waals surface area contributed by atoms with Crippen molar-refractivity contribution in [1.82, 2.24) is 0 Å². The van der Waals surface area contributed by atoms with Crippen molar-refractivity contribution >= 4 is 11.9 Å². The molecule has 2 aliphatic carbocycles. The van der Waals surface area contributed by atoms with E-state index in [4.69, 9.17) is 18.9 Å². The van der Waals surface area contributed by atoms with Crippen molar-refractivity contribution in [3.8, 4) is 0 Å². The molecule has 0 N–H and O–H groups in total. The van der Waals surface area contributed by atoms with Gasteiger partial charge in [0.05, 0.1) is 24.2 Å². The lowest BCUT2D eigenvalue weighted by Crippen LogP contribution is -2.74. The Kier molecular flexibility index (Phi) is 2.42. The predicted molar refractivity (Wildman–Crippen MR) is 76.7 cm³/mol. The summed E-state index contributed by atoms with van der Waals surface area (Å²) in [6, 6.07) is 0. The average molecular weight is 322 g/mol. The van der Waals surface area contributed by atoms with Gasteiger partial charge in [-0.05, 0) is 18.8 Å². The molecule has 3 aliphatic heterocycles. The van der Waals surface area contributed by atoms with Crippen LogP contribution in [0.1, 0.15) is 33.6 Å². The highest BCUT2D eigenvalue weighted by atomic mass is 16.7. The number of ketones is 1. The van der Waals surface area contributed by atoms with Crippen LogP contribution in [0.4, 0.5) is 4.79 Å². The van der Waals surface area contributed by atoms with Gasteiger partial charge in [-0.15, -0.1) is 0 Å². The largest absolute Gasteiger partial charge is 0.509 e. The summed E-state index contributed by atoms with van der Waals surface area (Å²) in [7, 11) is 0. The number of Topliss-reactive ketones (excluding diaryl/α,β-unsaturated/α-hetero) is 1. The maximum atomic E-state index is 12.9. The topological polar surface area (TPSA) is 74.4 Å². The van der Waals surface area contributed by atoms with Crippen molar-refractivity contribution in [2.45, 2.75) is 57.5 Å². The van der Waals surface area contributed by atoms with Crippen LogP contribution in [0.3, 0.4) is 0 Å². The molecule has 2 saturated carbocycles. The molecule has 0 aromatic carbocycles. The van der Waals surface area contributed by atoms with Gasteiger partial charge in [0.2, 0.25) is 0 Å². The van der Waals surface area contributed by atoms with Gasteiger partial charge in [-0.1, -0.05) is 20.8 Å². The van der Waals surface area contributed by atoms with Crippen molar-refractivity contribution < 1.29 is 28.5 Å². The quantitative estimate of drug-likeness (QED) is 0.499. The molecule has 3 saturated heterocycles. The maximum Gasteiger partial charge on any atom is 0.509 e. The van der Waals surface area contributed by atoms with Crippen molar-refractivity contribution in [3.63, 3.8) is 0 Å². The van der Waals surface area contributed by atoms with E-state index in [1.807, 2.05) is 6.92 Å². The smallest absolute Gasteiger partial charge is 0.433 e. The molecule has 126 valence electrons. The molecule has 0 aromatic heterocycles. The Balaban J connectivity index is 1.71. The standard InChI is InChI=1S/C17H22O6/c1-8-4-10-16(6-20-14(19)23-13(16)11(8)18)15(3)5-9(2)12(22-10)17(15)7-21-17/h8-10,12-13H,4-7H2,1-3H3. The zero-order chi connectivity index (χ0) is 16.2. The molecule has 5 fully saturated rings. The normalized spacial score (nSPS) is 59.9. The Bertz CT molecular complexity index is 612. The monoisotopic (exact) mass is 322 g/mol. The highest BCUT2D eigenvalue weighted by molar-refractivity contribution is 5.89. The summed E-state index contributed by atoms with van der Waals surface area (Å²) in [4.78, 5) is 24.6. The molecule has 5 rings (SSSR count). The third-order valence-electron chi connectivity index (χ3n) is 7.43. The van der Waals surface area contributed by atoms with Crippen LogP contribution in [-0.4, -0.2) is 49.1 Å². The fourth-order valence-electron chi connectivity index (χ4n) is 6.21. The molecule has 0 amide bonds. The molecule has 6 heteroatoms. The van der Waals surface area contributed by atoms with Crippen LogP contribution in [0.2, 0.25) is 0 Å². The van der Waals surface area contributed by atoms with E-state index < -0.39 is 17.7 Å². The Hall–Kier alpha value is -1.14. The van der Waals surface area contributed by atoms with Gasteiger partial charge < -0.3 is 18.9 Å². The first-order valence-electron chi connectivity index (χ1n) is 8.52. The summed E-state index contributed by atoms with van der Waals surface area (Å²) in [5, 5.41) is 0. The number of carbonyl (C=O) groups excluding carboxylic acids is 2. The second kappa shape index (κ2) is 3.91. The van der Waals surface area contributed by atoms with Gasteiger partial charge in [0, 0.05) is 11.3 Å². The second-order valence-corrected chi connectivity index (χ2v) is 8.35. The number of hydrogen-bond donors (Lipinski definition) is 0. The zero-order valence-corrected chi connectivity index (χ0v) is 13.7. The lowest BCUT2D eigenvalue weighted by Gasteiger charge is -2.61. The van der Waals surface area contributed by atoms with Gasteiger partial charge in [0.1, 0.15) is 12.2 Å². The average Bonchev–Trinajstić information content (AvgIpc) is 3.27. The van der Waals surface area contributed by atoms with Crippen LogP contribution < -0.4 is 0 Å². The maximum absolute atomic E-state index is 12.9. The van der Waals surface area contributed by atoms with E-state index in [2.05, 4.69) is 13.8 Å². The summed E-state index contributed by atoms with van der Waals surface area (Å²) >= 11 is 0. The molecule has 8 unspecified atom stereocenters. The minimum absolute atomic E-state index is 0.00321. The van der Waals surface area contributed by atoms with E-state index in [0.717, 1.165) is 6.42 Å². The van der Waals surface area contributed by atoms with Crippen molar-refractivity contribution in [3.05, 3.63) is 0 Å². The molecule has 0 radical (unpaired) electrons. The van der Waals surface area contributed by atoms with Gasteiger partial charge in [0.15, 0.2) is 11.9 Å². The summed E-state index contributed by atoms with van der Waals surface area (Å²) in [5.74, 6) is 0.180. The highest BCUT2D eigenvalue weighted by Crippen LogP contribution is 2.73. The summed E-state index contributed by atoms with van der Waals surface area (Å²) in [6.07, 6.45) is -0.0534. The summed E-state index contributed by atoms with van der Waals surface area (Å²) in [5.41, 5.74) is -1.27. The first-order valence-corrected chi connectivity index (χ1v) is 8.52. The van der Waals surface area contributed by atoms with Crippen molar-refractivity contribution in [1.29, 1.82) is 0 Å². The van der Waals surface area contributed by atoms with E-state index in [0.29, 0.717) is 18.9 Å². The number of cyclic esters (lactones) is 1. The van der Waals surface area contributed by atoms with Crippen LogP contribution in [0.5, 0.6) is 0 Å². The zero-order valence-electron chi connectivity index (χ0n) is 13.7. The van der Waals surface area contributed by atoms with E-state index >= 15 is 0 Å². The van der Waals surface area contributed by atoms with Gasteiger partial charge in [-0.25, -0.2) is 4.79 Å². The fraction of sp³-hybridized carbons (Fsp3) is 0.882. The van der Waals surface area contributed by atoms with Gasteiger partial charge in [0.25, 0.3) is 0 Å². The lowest BCUT2D eigenvalue weighted by molar-refractivity contribution is -0.284. The van der Waals surface area contributed by atoms with E-state index in [1.165, 1.54) is 0 Å². The van der Waals surface area contributed by atoms with Crippen molar-refractivity contribution in [2.24, 2.45) is 22.7 Å². The molecule has 6 nitrogen and oxygen atoms in total. The fourth-order valence-corrected chi connectivity index (χ4v) is 6.21. The molecule has 2 bridgehead atoms. The molecule has 8 atom stereocenters. The molecule has 5 aliphatic rings. The van der Waals surface area contributed by atoms with Crippen LogP contribution in [0, 0.1) is 22.7 Å². The van der Waals surface area contributed by atoms with Crippen LogP contribution >= 0.6 is 0 Å². The molecule has 3 heterocycles. The Labute approximate surface area is 134 Å². The Morgan fingerprint density at radius 1 is 1.17 bits per heavy atom. The predicted octanol–water partition coefficient (Wildman–Crippen LogP) is 1.70. The molecule has 23 heavy (non-hydrogen) atoms. The van der Waals surface area contributed by atoms with E-state index in [9.17, 15) is 9.59 Å². The van der Waals surface area contributed by atoms with Gasteiger partial charge in [-0.3, -0.25) is 4.79 Å². The number of carbonyl (C=O) groups is 2. The Morgan fingerprint density at radius 2 is 1.91 bits per heavy atom. The minimum Gasteiger partial charge on any atom is -0.433 e. The van der Waals surface area contributed by atoms with Crippen LogP contribution in [0.15, 0.2) is 0 Å². The molecular weight excluding hydrogens is 300 g/mol. The summed E-state index contributed by atoms with van der Waals surface area (Å²) in [6.45, 7) is 7.09. The highest BCUT2D eigenvalue weighted by Gasteiger charge is 2.84. The van der Waals surface area contributed by atoms with E-state index in [-0.39, 0.29) is 41.5 Å². The number of rotatable bonds is 0. The lowest BCUT2D eigenvalue weighted by atomic mass is 9.49. The SMILES string of the molecule is CC1CC2OC3C(C)CC(C)(C34CO4)C23COC(=O)OC3C1=O. The van der Waals surface area contributed by atoms with E-state index in [1.54, 1.807) is 0 Å². The minimum atomic E-state index is -0.783.